The molecule has 1 atom stereocenters. The second-order valence-corrected chi connectivity index (χ2v) is 7.59. The highest BCUT2D eigenvalue weighted by molar-refractivity contribution is 6.46. The Morgan fingerprint density at radius 1 is 1.12 bits per heavy atom. The zero-order valence-electron chi connectivity index (χ0n) is 17.0. The van der Waals surface area contributed by atoms with E-state index in [0.717, 1.165) is 0 Å². The van der Waals surface area contributed by atoms with Crippen LogP contribution in [0.25, 0.3) is 5.76 Å². The number of aliphatic hydroxyl groups is 1. The zero-order valence-corrected chi connectivity index (χ0v) is 17.7. The molecule has 2 heterocycles. The molecule has 0 aliphatic carbocycles. The van der Waals surface area contributed by atoms with Crippen molar-refractivity contribution in [3.8, 4) is 5.75 Å². The Hall–Kier alpha value is -3.71. The number of methoxy groups -OCH3 is 1. The van der Waals surface area contributed by atoms with Gasteiger partial charge in [-0.15, -0.1) is 0 Å². The zero-order chi connectivity index (χ0) is 22.8. The Balaban J connectivity index is 1.85. The van der Waals surface area contributed by atoms with Gasteiger partial charge in [0.05, 0.1) is 23.7 Å². The standard InChI is InChI=1S/C24H18ClFN2O4/c1-32-19-12-16(4-7-18(19)25)22(29)20-21(15-8-10-27-11-9-15)28(24(31)23(20)30)13-14-2-5-17(26)6-3-14/h2-12,21,29H,13H2,1H3/b22-20-. The molecule has 1 saturated heterocycles. The summed E-state index contributed by atoms with van der Waals surface area (Å²) in [4.78, 5) is 31.4. The van der Waals surface area contributed by atoms with Gasteiger partial charge in [-0.1, -0.05) is 23.7 Å². The van der Waals surface area contributed by atoms with E-state index in [2.05, 4.69) is 4.98 Å². The van der Waals surface area contributed by atoms with Gasteiger partial charge in [0.25, 0.3) is 11.7 Å². The summed E-state index contributed by atoms with van der Waals surface area (Å²) in [6.07, 6.45) is 3.08. The largest absolute Gasteiger partial charge is 0.507 e. The monoisotopic (exact) mass is 452 g/mol. The molecule has 0 saturated carbocycles. The normalized spacial score (nSPS) is 17.6. The molecule has 1 amide bonds. The van der Waals surface area contributed by atoms with Gasteiger partial charge in [-0.05, 0) is 53.6 Å². The van der Waals surface area contributed by atoms with Crippen LogP contribution in [-0.4, -0.2) is 33.8 Å². The Morgan fingerprint density at radius 2 is 1.81 bits per heavy atom. The third kappa shape index (κ3) is 3.94. The average Bonchev–Trinajstić information content (AvgIpc) is 3.06. The van der Waals surface area contributed by atoms with Gasteiger partial charge in [0.1, 0.15) is 17.3 Å². The average molecular weight is 453 g/mol. The van der Waals surface area contributed by atoms with Gasteiger partial charge in [-0.25, -0.2) is 4.39 Å². The Labute approximate surface area is 188 Å². The number of hydrogen-bond acceptors (Lipinski definition) is 5. The molecule has 1 fully saturated rings. The van der Waals surface area contributed by atoms with Crippen LogP contribution in [0.1, 0.15) is 22.7 Å². The molecule has 0 spiro atoms. The van der Waals surface area contributed by atoms with E-state index in [0.29, 0.717) is 21.9 Å². The van der Waals surface area contributed by atoms with Crippen LogP contribution >= 0.6 is 11.6 Å². The van der Waals surface area contributed by atoms with E-state index in [4.69, 9.17) is 16.3 Å². The van der Waals surface area contributed by atoms with Crippen molar-refractivity contribution < 1.29 is 23.8 Å². The molecule has 1 aromatic heterocycles. The maximum atomic E-state index is 13.3. The van der Waals surface area contributed by atoms with Gasteiger partial charge in [-0.2, -0.15) is 0 Å². The molecule has 1 unspecified atom stereocenters. The molecule has 8 heteroatoms. The molecule has 2 aromatic carbocycles. The molecule has 32 heavy (non-hydrogen) atoms. The van der Waals surface area contributed by atoms with Gasteiger partial charge in [0.2, 0.25) is 0 Å². The van der Waals surface area contributed by atoms with Crippen LogP contribution in [-0.2, 0) is 16.1 Å². The van der Waals surface area contributed by atoms with Gasteiger partial charge < -0.3 is 14.7 Å². The number of pyridine rings is 1. The fraction of sp³-hybridized carbons (Fsp3) is 0.125. The van der Waals surface area contributed by atoms with Crippen LogP contribution in [0.2, 0.25) is 5.02 Å². The number of carbonyl (C=O) groups is 2. The van der Waals surface area contributed by atoms with E-state index in [9.17, 15) is 19.1 Å². The van der Waals surface area contributed by atoms with Crippen molar-refractivity contribution >= 4 is 29.1 Å². The molecule has 6 nitrogen and oxygen atoms in total. The number of rotatable bonds is 5. The van der Waals surface area contributed by atoms with Crippen molar-refractivity contribution in [1.29, 1.82) is 0 Å². The molecule has 1 N–H and O–H groups in total. The lowest BCUT2D eigenvalue weighted by molar-refractivity contribution is -0.140. The number of halogens is 2. The first kappa shape index (κ1) is 21.5. The first-order valence-electron chi connectivity index (χ1n) is 9.67. The molecule has 4 rings (SSSR count). The van der Waals surface area contributed by atoms with Crippen LogP contribution in [0.15, 0.2) is 72.6 Å². The van der Waals surface area contributed by atoms with Gasteiger partial charge in [0, 0.05) is 24.5 Å². The first-order chi connectivity index (χ1) is 15.4. The summed E-state index contributed by atoms with van der Waals surface area (Å²) in [5.74, 6) is -2.02. The van der Waals surface area contributed by atoms with Crippen molar-refractivity contribution in [2.45, 2.75) is 12.6 Å². The molecule has 1 aliphatic rings. The summed E-state index contributed by atoms with van der Waals surface area (Å²) in [5, 5.41) is 11.4. The van der Waals surface area contributed by atoms with Crippen LogP contribution in [0.3, 0.4) is 0 Å². The number of aromatic nitrogens is 1. The topological polar surface area (TPSA) is 79.7 Å². The van der Waals surface area contributed by atoms with Gasteiger partial charge in [0.15, 0.2) is 0 Å². The number of amides is 1. The van der Waals surface area contributed by atoms with Gasteiger partial charge >= 0.3 is 0 Å². The van der Waals surface area contributed by atoms with Crippen molar-refractivity contribution in [3.63, 3.8) is 0 Å². The van der Waals surface area contributed by atoms with Crippen molar-refractivity contribution in [3.05, 3.63) is 100 Å². The Bertz CT molecular complexity index is 1210. The summed E-state index contributed by atoms with van der Waals surface area (Å²) in [6.45, 7) is 0.0541. The highest BCUT2D eigenvalue weighted by Crippen LogP contribution is 2.41. The molecular weight excluding hydrogens is 435 g/mol. The summed E-state index contributed by atoms with van der Waals surface area (Å²) < 4.78 is 18.5. The number of ketones is 1. The third-order valence-corrected chi connectivity index (χ3v) is 5.56. The van der Waals surface area contributed by atoms with E-state index >= 15 is 0 Å². The van der Waals surface area contributed by atoms with E-state index in [1.54, 1.807) is 36.7 Å². The van der Waals surface area contributed by atoms with E-state index in [1.165, 1.54) is 42.3 Å². The van der Waals surface area contributed by atoms with Gasteiger partial charge in [-0.3, -0.25) is 14.6 Å². The van der Waals surface area contributed by atoms with Crippen LogP contribution < -0.4 is 4.74 Å². The fourth-order valence-corrected chi connectivity index (χ4v) is 3.88. The highest BCUT2D eigenvalue weighted by atomic mass is 35.5. The maximum Gasteiger partial charge on any atom is 0.295 e. The van der Waals surface area contributed by atoms with Crippen LogP contribution in [0.4, 0.5) is 4.39 Å². The van der Waals surface area contributed by atoms with Crippen LogP contribution in [0.5, 0.6) is 5.75 Å². The quantitative estimate of drug-likeness (QED) is 0.350. The second kappa shape index (κ2) is 8.80. The van der Waals surface area contributed by atoms with E-state index in [1.807, 2.05) is 0 Å². The van der Waals surface area contributed by atoms with Crippen molar-refractivity contribution in [1.82, 2.24) is 9.88 Å². The second-order valence-electron chi connectivity index (χ2n) is 7.18. The number of likely N-dealkylation sites (tertiary alicyclic amines) is 1. The summed E-state index contributed by atoms with van der Waals surface area (Å²) in [6, 6.07) is 12.7. The number of Topliss-reactive ketones (excluding diaryl/α,β-unsaturated/α-hetero) is 1. The SMILES string of the molecule is COc1cc(/C(O)=C2/C(=O)C(=O)N(Cc3ccc(F)cc3)C2c2ccncc2)ccc1Cl. The number of benzene rings is 2. The minimum absolute atomic E-state index is 0.0541. The summed E-state index contributed by atoms with van der Waals surface area (Å²) >= 11 is 6.08. The number of hydrogen-bond donors (Lipinski definition) is 1. The lowest BCUT2D eigenvalue weighted by Crippen LogP contribution is -2.29. The number of carbonyl (C=O) groups excluding carboxylic acids is 2. The van der Waals surface area contributed by atoms with E-state index in [-0.39, 0.29) is 23.4 Å². The summed E-state index contributed by atoms with van der Waals surface area (Å²) in [5.41, 5.74) is 1.46. The smallest absolute Gasteiger partial charge is 0.295 e. The van der Waals surface area contributed by atoms with Crippen molar-refractivity contribution in [2.24, 2.45) is 0 Å². The predicted octanol–water partition coefficient (Wildman–Crippen LogP) is 4.50. The number of nitrogens with zero attached hydrogens (tertiary/aromatic N) is 2. The lowest BCUT2D eigenvalue weighted by atomic mass is 9.95. The predicted molar refractivity (Wildman–Crippen MR) is 116 cm³/mol. The lowest BCUT2D eigenvalue weighted by Gasteiger charge is -2.25. The molecule has 1 aliphatic heterocycles. The Kier molecular flexibility index (Phi) is 5.92. The molecule has 3 aromatic rings. The van der Waals surface area contributed by atoms with E-state index < -0.39 is 23.5 Å². The third-order valence-electron chi connectivity index (χ3n) is 5.25. The molecule has 162 valence electrons. The fourth-order valence-electron chi connectivity index (χ4n) is 3.68. The molecule has 0 bridgehead atoms. The highest BCUT2D eigenvalue weighted by Gasteiger charge is 2.46. The molecular formula is C24H18ClFN2O4. The van der Waals surface area contributed by atoms with Crippen molar-refractivity contribution in [2.75, 3.05) is 7.11 Å². The maximum absolute atomic E-state index is 13.3. The van der Waals surface area contributed by atoms with Crippen LogP contribution in [0, 0.1) is 5.82 Å². The molecule has 0 radical (unpaired) electrons. The minimum atomic E-state index is -0.857. The summed E-state index contributed by atoms with van der Waals surface area (Å²) in [7, 11) is 1.43. The Morgan fingerprint density at radius 3 is 2.47 bits per heavy atom. The number of aliphatic hydroxyl groups excluding tert-OH is 1. The minimum Gasteiger partial charge on any atom is -0.507 e. The number of ether oxygens (including phenoxy) is 1. The first-order valence-corrected chi connectivity index (χ1v) is 10.0.